The molecule has 0 aliphatic carbocycles. The van der Waals surface area contributed by atoms with Crippen LogP contribution in [0.5, 0.6) is 0 Å². The van der Waals surface area contributed by atoms with Crippen LogP contribution in [0.15, 0.2) is 78.9 Å². The van der Waals surface area contributed by atoms with Crippen molar-refractivity contribution in [2.45, 2.75) is 44.6 Å². The predicted octanol–water partition coefficient (Wildman–Crippen LogP) is 5.83. The van der Waals surface area contributed by atoms with Crippen molar-refractivity contribution in [2.24, 2.45) is 0 Å². The number of anilines is 1. The molecule has 33 heavy (non-hydrogen) atoms. The quantitative estimate of drug-likeness (QED) is 0.427. The lowest BCUT2D eigenvalue weighted by atomic mass is 9.87. The lowest BCUT2D eigenvalue weighted by Gasteiger charge is -2.33. The average molecular weight is 438 g/mol. The van der Waals surface area contributed by atoms with E-state index >= 15 is 0 Å². The molecule has 0 bridgehead atoms. The summed E-state index contributed by atoms with van der Waals surface area (Å²) in [6, 6.07) is 27.5. The zero-order chi connectivity index (χ0) is 22.8. The monoisotopic (exact) mass is 437 g/mol. The van der Waals surface area contributed by atoms with Gasteiger partial charge >= 0.3 is 0 Å². The van der Waals surface area contributed by atoms with Gasteiger partial charge in [-0.3, -0.25) is 0 Å². The highest BCUT2D eigenvalue weighted by atomic mass is 16.3. The number of rotatable bonds is 5. The van der Waals surface area contributed by atoms with Crippen molar-refractivity contribution in [2.75, 3.05) is 18.0 Å². The van der Waals surface area contributed by atoms with E-state index in [1.54, 1.807) is 0 Å². The Balaban J connectivity index is 1.34. The summed E-state index contributed by atoms with van der Waals surface area (Å²) in [5.74, 6) is 1.53. The first kappa shape index (κ1) is 21.6. The van der Waals surface area contributed by atoms with Gasteiger partial charge in [0, 0.05) is 30.3 Å². The Kier molecular flexibility index (Phi) is 5.86. The highest BCUT2D eigenvalue weighted by Gasteiger charge is 2.24. The molecule has 1 aliphatic heterocycles. The zero-order valence-corrected chi connectivity index (χ0v) is 19.4. The maximum atomic E-state index is 10.2. The van der Waals surface area contributed by atoms with Gasteiger partial charge in [-0.25, -0.2) is 0 Å². The van der Waals surface area contributed by atoms with Crippen LogP contribution in [0, 0.1) is 0 Å². The van der Waals surface area contributed by atoms with Gasteiger partial charge in [0.2, 0.25) is 0 Å². The first-order valence-electron chi connectivity index (χ1n) is 11.8. The van der Waals surface area contributed by atoms with E-state index in [0.29, 0.717) is 5.92 Å². The molecule has 3 aromatic carbocycles. The van der Waals surface area contributed by atoms with Gasteiger partial charge in [0.15, 0.2) is 5.82 Å². The van der Waals surface area contributed by atoms with Gasteiger partial charge in [-0.1, -0.05) is 78.9 Å². The predicted molar refractivity (Wildman–Crippen MR) is 135 cm³/mol. The smallest absolute Gasteiger partial charge is 0.159 e. The molecule has 0 saturated carbocycles. The third kappa shape index (κ3) is 4.62. The first-order chi connectivity index (χ1) is 16.0. The molecule has 2 heterocycles. The number of benzene rings is 3. The molecule has 4 heteroatoms. The minimum atomic E-state index is -0.797. The van der Waals surface area contributed by atoms with E-state index < -0.39 is 5.60 Å². The van der Waals surface area contributed by atoms with Crippen molar-refractivity contribution in [3.63, 3.8) is 0 Å². The Morgan fingerprint density at radius 3 is 2.12 bits per heavy atom. The fourth-order valence-corrected chi connectivity index (χ4v) is 4.89. The van der Waals surface area contributed by atoms with E-state index in [0.717, 1.165) is 49.4 Å². The molecule has 0 unspecified atom stereocenters. The van der Waals surface area contributed by atoms with E-state index in [4.69, 9.17) is 5.10 Å². The minimum Gasteiger partial charge on any atom is -0.386 e. The van der Waals surface area contributed by atoms with Crippen LogP contribution < -0.4 is 4.90 Å². The van der Waals surface area contributed by atoms with E-state index in [-0.39, 0.29) is 0 Å². The molecule has 0 spiro atoms. The molecule has 1 N–H and O–H groups in total. The van der Waals surface area contributed by atoms with Crippen LogP contribution in [0.25, 0.3) is 10.8 Å². The maximum absolute atomic E-state index is 10.2. The summed E-state index contributed by atoms with van der Waals surface area (Å²) in [4.78, 5) is 2.39. The summed E-state index contributed by atoms with van der Waals surface area (Å²) >= 11 is 0. The summed E-state index contributed by atoms with van der Waals surface area (Å²) < 4.78 is 0. The Morgan fingerprint density at radius 1 is 0.818 bits per heavy atom. The van der Waals surface area contributed by atoms with E-state index in [9.17, 15) is 5.11 Å². The zero-order valence-electron chi connectivity index (χ0n) is 19.4. The van der Waals surface area contributed by atoms with Gasteiger partial charge in [-0.2, -0.15) is 5.10 Å². The molecule has 1 aliphatic rings. The van der Waals surface area contributed by atoms with Crippen LogP contribution in [-0.2, 0) is 12.0 Å². The highest BCUT2D eigenvalue weighted by molar-refractivity contribution is 5.93. The summed E-state index contributed by atoms with van der Waals surface area (Å²) in [5, 5.41) is 22.0. The van der Waals surface area contributed by atoms with Gasteiger partial charge in [-0.15, -0.1) is 5.10 Å². The molecule has 4 nitrogen and oxygen atoms in total. The van der Waals surface area contributed by atoms with Crippen LogP contribution in [-0.4, -0.2) is 28.4 Å². The summed E-state index contributed by atoms with van der Waals surface area (Å²) in [5.41, 5.74) is 3.80. The molecule has 5 rings (SSSR count). The Morgan fingerprint density at radius 2 is 1.45 bits per heavy atom. The van der Waals surface area contributed by atoms with Crippen LogP contribution >= 0.6 is 0 Å². The highest BCUT2D eigenvalue weighted by Crippen LogP contribution is 2.34. The van der Waals surface area contributed by atoms with Crippen molar-refractivity contribution in [1.82, 2.24) is 10.2 Å². The van der Waals surface area contributed by atoms with E-state index in [2.05, 4.69) is 82.8 Å². The Labute approximate surface area is 195 Å². The van der Waals surface area contributed by atoms with Gasteiger partial charge in [0.1, 0.15) is 0 Å². The Hall–Kier alpha value is -3.24. The third-order valence-corrected chi connectivity index (χ3v) is 6.84. The van der Waals surface area contributed by atoms with Crippen LogP contribution in [0.2, 0.25) is 0 Å². The van der Waals surface area contributed by atoms with Gasteiger partial charge < -0.3 is 10.0 Å². The molecule has 1 aromatic heterocycles. The van der Waals surface area contributed by atoms with Gasteiger partial charge in [0.25, 0.3) is 0 Å². The second-order valence-electron chi connectivity index (χ2n) is 9.62. The molecule has 1 fully saturated rings. The fraction of sp³-hybridized carbons (Fsp3) is 0.310. The molecule has 4 aromatic rings. The van der Waals surface area contributed by atoms with Crippen LogP contribution in [0.4, 0.5) is 5.82 Å². The standard InChI is InChI=1S/C29H31N3O/c1-29(2,33)24-14-12-22(13-15-24)23-16-18-32(19-17-23)28-26-11-7-6-10-25(26)27(30-31-28)20-21-8-4-3-5-9-21/h3-15,23,33H,16-20H2,1-2H3. The molecular formula is C29H31N3O. The van der Waals surface area contributed by atoms with Crippen molar-refractivity contribution in [3.8, 4) is 0 Å². The average Bonchev–Trinajstić information content (AvgIpc) is 2.85. The number of aliphatic hydroxyl groups is 1. The second-order valence-corrected chi connectivity index (χ2v) is 9.62. The number of piperidine rings is 1. The minimum absolute atomic E-state index is 0.536. The molecule has 0 amide bonds. The topological polar surface area (TPSA) is 49.2 Å². The lowest BCUT2D eigenvalue weighted by molar-refractivity contribution is 0.0786. The summed E-state index contributed by atoms with van der Waals surface area (Å²) in [7, 11) is 0. The molecule has 0 atom stereocenters. The normalized spacial score (nSPS) is 15.2. The second kappa shape index (κ2) is 8.95. The molecular weight excluding hydrogens is 406 g/mol. The number of nitrogens with zero attached hydrogens (tertiary/aromatic N) is 3. The SMILES string of the molecule is CC(C)(O)c1ccc(C2CCN(c3nnc(Cc4ccccc4)c4ccccc34)CC2)cc1. The van der Waals surface area contributed by atoms with E-state index in [1.165, 1.54) is 21.9 Å². The van der Waals surface area contributed by atoms with Crippen molar-refractivity contribution < 1.29 is 5.11 Å². The number of hydrogen-bond acceptors (Lipinski definition) is 4. The van der Waals surface area contributed by atoms with Crippen molar-refractivity contribution in [1.29, 1.82) is 0 Å². The third-order valence-electron chi connectivity index (χ3n) is 6.84. The number of aromatic nitrogens is 2. The summed E-state index contributed by atoms with van der Waals surface area (Å²) in [6.07, 6.45) is 2.96. The summed E-state index contributed by atoms with van der Waals surface area (Å²) in [6.45, 7) is 5.59. The fourth-order valence-electron chi connectivity index (χ4n) is 4.89. The van der Waals surface area contributed by atoms with Crippen molar-refractivity contribution in [3.05, 3.63) is 101 Å². The van der Waals surface area contributed by atoms with E-state index in [1.807, 2.05) is 19.9 Å². The molecule has 1 saturated heterocycles. The maximum Gasteiger partial charge on any atom is 0.159 e. The molecule has 0 radical (unpaired) electrons. The van der Waals surface area contributed by atoms with Crippen LogP contribution in [0.3, 0.4) is 0 Å². The molecule has 168 valence electrons. The number of fused-ring (bicyclic) bond motifs is 1. The van der Waals surface area contributed by atoms with Gasteiger partial charge in [-0.05, 0) is 49.3 Å². The van der Waals surface area contributed by atoms with Crippen LogP contribution in [0.1, 0.15) is 55.0 Å². The largest absolute Gasteiger partial charge is 0.386 e. The number of hydrogen-bond donors (Lipinski definition) is 1. The van der Waals surface area contributed by atoms with Crippen molar-refractivity contribution >= 4 is 16.6 Å². The lowest BCUT2D eigenvalue weighted by Crippen LogP contribution is -2.34. The van der Waals surface area contributed by atoms with Gasteiger partial charge in [0.05, 0.1) is 11.3 Å². The Bertz CT molecular complexity index is 1220. The first-order valence-corrected chi connectivity index (χ1v) is 11.8.